The summed E-state index contributed by atoms with van der Waals surface area (Å²) in [6.07, 6.45) is 7.27. The highest BCUT2D eigenvalue weighted by Crippen LogP contribution is 2.30. The predicted molar refractivity (Wildman–Crippen MR) is 74.7 cm³/mol. The molecule has 0 aromatic rings. The molecule has 2 rings (SSSR count). The van der Waals surface area contributed by atoms with E-state index in [0.29, 0.717) is 0 Å². The van der Waals surface area contributed by atoms with Crippen molar-refractivity contribution in [1.29, 1.82) is 0 Å². The Labute approximate surface area is 112 Å². The molecule has 0 N–H and O–H groups in total. The van der Waals surface area contributed by atoms with Crippen molar-refractivity contribution >= 4 is 6.29 Å². The lowest BCUT2D eigenvalue weighted by Crippen LogP contribution is -2.42. The number of hydrogen-bond donors (Lipinski definition) is 0. The average molecular weight is 252 g/mol. The average Bonchev–Trinajstić information content (AvgIpc) is 2.58. The van der Waals surface area contributed by atoms with Crippen molar-refractivity contribution in [3.8, 4) is 0 Å². The lowest BCUT2D eigenvalue weighted by molar-refractivity contribution is -0.116. The third kappa shape index (κ3) is 2.94. The predicted octanol–water partition coefficient (Wildman–Crippen LogP) is 2.16. The zero-order chi connectivity index (χ0) is 13.2. The van der Waals surface area contributed by atoms with Crippen LogP contribution in [-0.4, -0.2) is 54.9 Å². The van der Waals surface area contributed by atoms with E-state index >= 15 is 0 Å². The van der Waals surface area contributed by atoms with Gasteiger partial charge in [-0.15, -0.1) is 0 Å². The van der Waals surface area contributed by atoms with E-state index in [-0.39, 0.29) is 5.41 Å². The molecule has 2 bridgehead atoms. The van der Waals surface area contributed by atoms with E-state index in [9.17, 15) is 4.79 Å². The van der Waals surface area contributed by atoms with Crippen molar-refractivity contribution in [2.75, 3.05) is 26.7 Å². The molecule has 0 aliphatic carbocycles. The van der Waals surface area contributed by atoms with Crippen molar-refractivity contribution in [1.82, 2.24) is 9.80 Å². The Balaban J connectivity index is 1.96. The van der Waals surface area contributed by atoms with Crippen LogP contribution in [0.4, 0.5) is 0 Å². The van der Waals surface area contributed by atoms with Crippen LogP contribution in [0.15, 0.2) is 0 Å². The van der Waals surface area contributed by atoms with Gasteiger partial charge in [0.05, 0.1) is 0 Å². The number of rotatable bonds is 5. The summed E-state index contributed by atoms with van der Waals surface area (Å²) in [6, 6.07) is 1.50. The minimum atomic E-state index is -0.142. The van der Waals surface area contributed by atoms with Crippen LogP contribution in [0.3, 0.4) is 0 Å². The molecule has 2 heterocycles. The van der Waals surface area contributed by atoms with E-state index in [1.165, 1.54) is 32.1 Å². The van der Waals surface area contributed by atoms with Crippen LogP contribution in [0.5, 0.6) is 0 Å². The molecule has 0 aromatic heterocycles. The maximum Gasteiger partial charge on any atom is 0.127 e. The highest BCUT2D eigenvalue weighted by atomic mass is 16.1. The van der Waals surface area contributed by atoms with Crippen LogP contribution < -0.4 is 0 Å². The molecule has 3 nitrogen and oxygen atoms in total. The van der Waals surface area contributed by atoms with E-state index in [2.05, 4.69) is 30.7 Å². The van der Waals surface area contributed by atoms with E-state index in [4.69, 9.17) is 0 Å². The first-order valence-electron chi connectivity index (χ1n) is 7.48. The topological polar surface area (TPSA) is 23.6 Å². The molecule has 18 heavy (non-hydrogen) atoms. The molecule has 0 radical (unpaired) electrons. The molecule has 0 saturated carbocycles. The number of aldehydes is 1. The minimum absolute atomic E-state index is 0.142. The van der Waals surface area contributed by atoms with Gasteiger partial charge in [0.1, 0.15) is 6.29 Å². The monoisotopic (exact) mass is 252 g/mol. The van der Waals surface area contributed by atoms with Crippen LogP contribution in [0, 0.1) is 5.41 Å². The van der Waals surface area contributed by atoms with Gasteiger partial charge in [-0.2, -0.15) is 0 Å². The van der Waals surface area contributed by atoms with Crippen molar-refractivity contribution in [3.05, 3.63) is 0 Å². The van der Waals surface area contributed by atoms with Crippen LogP contribution in [-0.2, 0) is 4.79 Å². The highest BCUT2D eigenvalue weighted by Gasteiger charge is 2.36. The second-order valence-electron chi connectivity index (χ2n) is 6.60. The van der Waals surface area contributed by atoms with Gasteiger partial charge in [-0.3, -0.25) is 4.90 Å². The summed E-state index contributed by atoms with van der Waals surface area (Å²) in [6.45, 7) is 7.55. The molecular weight excluding hydrogens is 224 g/mol. The Kier molecular flexibility index (Phi) is 4.44. The van der Waals surface area contributed by atoms with Crippen molar-refractivity contribution in [3.63, 3.8) is 0 Å². The first kappa shape index (κ1) is 14.0. The van der Waals surface area contributed by atoms with Gasteiger partial charge >= 0.3 is 0 Å². The molecule has 104 valence electrons. The SMILES string of the molecule is CCCC(C)(C=O)CN1CCC2CCC(C1)N2C. The molecule has 2 saturated heterocycles. The third-order valence-corrected chi connectivity index (χ3v) is 4.92. The lowest BCUT2D eigenvalue weighted by Gasteiger charge is -2.32. The van der Waals surface area contributed by atoms with E-state index < -0.39 is 0 Å². The number of hydrogen-bond acceptors (Lipinski definition) is 3. The van der Waals surface area contributed by atoms with Crippen molar-refractivity contribution < 1.29 is 4.79 Å². The summed E-state index contributed by atoms with van der Waals surface area (Å²) in [7, 11) is 2.27. The number of carbonyl (C=O) groups excluding carboxylic acids is 1. The third-order valence-electron chi connectivity index (χ3n) is 4.92. The molecule has 2 aliphatic heterocycles. The molecule has 2 fully saturated rings. The Morgan fingerprint density at radius 3 is 2.67 bits per heavy atom. The highest BCUT2D eigenvalue weighted by molar-refractivity contribution is 5.59. The van der Waals surface area contributed by atoms with Gasteiger partial charge in [0.2, 0.25) is 0 Å². The number of likely N-dealkylation sites (N-methyl/N-ethyl adjacent to an activating group) is 1. The molecule has 2 aliphatic rings. The van der Waals surface area contributed by atoms with Crippen LogP contribution in [0.1, 0.15) is 46.0 Å². The summed E-state index contributed by atoms with van der Waals surface area (Å²) in [5.74, 6) is 0. The van der Waals surface area contributed by atoms with Gasteiger partial charge in [0.25, 0.3) is 0 Å². The van der Waals surface area contributed by atoms with Crippen LogP contribution in [0.2, 0.25) is 0 Å². The van der Waals surface area contributed by atoms with Crippen LogP contribution >= 0.6 is 0 Å². The second-order valence-corrected chi connectivity index (χ2v) is 6.60. The number of carbonyl (C=O) groups is 1. The van der Waals surface area contributed by atoms with Gasteiger partial charge < -0.3 is 9.69 Å². The lowest BCUT2D eigenvalue weighted by atomic mass is 9.86. The second kappa shape index (κ2) is 5.70. The minimum Gasteiger partial charge on any atom is -0.303 e. The molecule has 3 unspecified atom stereocenters. The van der Waals surface area contributed by atoms with Crippen molar-refractivity contribution in [2.24, 2.45) is 5.41 Å². The van der Waals surface area contributed by atoms with Gasteiger partial charge in [0, 0.05) is 30.6 Å². The smallest absolute Gasteiger partial charge is 0.127 e. The molecular formula is C15H28N2O. The van der Waals surface area contributed by atoms with E-state index in [1.807, 2.05) is 0 Å². The summed E-state index contributed by atoms with van der Waals surface area (Å²) >= 11 is 0. The van der Waals surface area contributed by atoms with Gasteiger partial charge in [-0.25, -0.2) is 0 Å². The Morgan fingerprint density at radius 1 is 1.28 bits per heavy atom. The van der Waals surface area contributed by atoms with Crippen molar-refractivity contribution in [2.45, 2.75) is 58.0 Å². The van der Waals surface area contributed by atoms with Gasteiger partial charge in [-0.1, -0.05) is 20.3 Å². The summed E-state index contributed by atoms with van der Waals surface area (Å²) < 4.78 is 0. The van der Waals surface area contributed by atoms with Gasteiger partial charge in [-0.05, 0) is 39.3 Å². The zero-order valence-corrected chi connectivity index (χ0v) is 12.2. The maximum absolute atomic E-state index is 11.4. The maximum atomic E-state index is 11.4. The quantitative estimate of drug-likeness (QED) is 0.701. The standard InChI is InChI=1S/C15H28N2O/c1-4-8-15(2,12-18)11-17-9-7-13-5-6-14(10-17)16(13)3/h12-14H,4-11H2,1-3H3. The van der Waals surface area contributed by atoms with Gasteiger partial charge in [0.15, 0.2) is 0 Å². The number of fused-ring (bicyclic) bond motifs is 2. The first-order valence-corrected chi connectivity index (χ1v) is 7.48. The Hall–Kier alpha value is -0.410. The fourth-order valence-electron chi connectivity index (χ4n) is 3.78. The normalized spacial score (nSPS) is 33.1. The summed E-state index contributed by atoms with van der Waals surface area (Å²) in [4.78, 5) is 16.5. The fourth-order valence-corrected chi connectivity index (χ4v) is 3.78. The fraction of sp³-hybridized carbons (Fsp3) is 0.933. The molecule has 3 heteroatoms. The number of likely N-dealkylation sites (tertiary alicyclic amines) is 1. The van der Waals surface area contributed by atoms with E-state index in [0.717, 1.165) is 38.0 Å². The molecule has 0 amide bonds. The largest absolute Gasteiger partial charge is 0.303 e. The Bertz CT molecular complexity index is 294. The Morgan fingerprint density at radius 2 is 2.00 bits per heavy atom. The first-order chi connectivity index (χ1) is 8.58. The van der Waals surface area contributed by atoms with Crippen LogP contribution in [0.25, 0.3) is 0 Å². The molecule has 0 spiro atoms. The molecule has 3 atom stereocenters. The number of nitrogens with zero attached hydrogens (tertiary/aromatic N) is 2. The zero-order valence-electron chi connectivity index (χ0n) is 12.2. The summed E-state index contributed by atoms with van der Waals surface area (Å²) in [5, 5.41) is 0. The molecule has 0 aromatic carbocycles. The van der Waals surface area contributed by atoms with E-state index in [1.54, 1.807) is 0 Å². The summed E-state index contributed by atoms with van der Waals surface area (Å²) in [5.41, 5.74) is -0.142.